The lowest BCUT2D eigenvalue weighted by Gasteiger charge is -2.15. The first-order valence-electron chi connectivity index (χ1n) is 4.18. The molecule has 0 bridgehead atoms. The minimum Gasteiger partial charge on any atom is -0.387 e. The van der Waals surface area contributed by atoms with Crippen LogP contribution < -0.4 is 0 Å². The van der Waals surface area contributed by atoms with Gasteiger partial charge < -0.3 is 10.0 Å². The van der Waals surface area contributed by atoms with Gasteiger partial charge in [-0.05, 0) is 31.8 Å². The molecule has 1 aromatic carbocycles. The van der Waals surface area contributed by atoms with Gasteiger partial charge in [0.05, 0.1) is 6.10 Å². The molecule has 1 N–H and O–H groups in total. The van der Waals surface area contributed by atoms with Crippen LogP contribution in [0.3, 0.4) is 0 Å². The average Bonchev–Trinajstić information content (AvgIpc) is 2.04. The van der Waals surface area contributed by atoms with Crippen molar-refractivity contribution in [1.29, 1.82) is 0 Å². The minimum atomic E-state index is -0.438. The first-order chi connectivity index (χ1) is 6.09. The number of hydrogen-bond donors (Lipinski definition) is 1. The summed E-state index contributed by atoms with van der Waals surface area (Å²) in [5, 5.41) is 10.4. The maximum Gasteiger partial charge on any atom is 0.0916 e. The van der Waals surface area contributed by atoms with Gasteiger partial charge in [0.25, 0.3) is 0 Å². The number of nitrogens with zero attached hydrogens (tertiary/aromatic N) is 1. The molecule has 0 aromatic heterocycles. The molecule has 0 amide bonds. The molecule has 0 saturated carbocycles. The zero-order valence-electron chi connectivity index (χ0n) is 7.87. The molecule has 1 rings (SSSR count). The van der Waals surface area contributed by atoms with Crippen LogP contribution in [0, 0.1) is 0 Å². The SMILES string of the molecule is CN(C)CC(O)c1ccc(Cl)cc1. The molecule has 0 aliphatic rings. The first-order valence-corrected chi connectivity index (χ1v) is 4.55. The van der Waals surface area contributed by atoms with Crippen molar-refractivity contribution < 1.29 is 5.11 Å². The highest BCUT2D eigenvalue weighted by atomic mass is 35.5. The van der Waals surface area contributed by atoms with Crippen molar-refractivity contribution in [2.75, 3.05) is 20.6 Å². The van der Waals surface area contributed by atoms with Crippen LogP contribution in [0.5, 0.6) is 0 Å². The topological polar surface area (TPSA) is 23.5 Å². The molecule has 3 heteroatoms. The number of rotatable bonds is 3. The predicted molar refractivity (Wildman–Crippen MR) is 55.0 cm³/mol. The number of benzene rings is 1. The Kier molecular flexibility index (Phi) is 3.72. The third kappa shape index (κ3) is 3.35. The highest BCUT2D eigenvalue weighted by Gasteiger charge is 2.07. The van der Waals surface area contributed by atoms with Crippen molar-refractivity contribution in [3.8, 4) is 0 Å². The van der Waals surface area contributed by atoms with Crippen molar-refractivity contribution in [3.63, 3.8) is 0 Å². The Hall–Kier alpha value is -0.570. The van der Waals surface area contributed by atoms with Gasteiger partial charge in [-0.15, -0.1) is 0 Å². The molecule has 0 fully saturated rings. The summed E-state index contributed by atoms with van der Waals surface area (Å²) >= 11 is 5.73. The molecule has 2 nitrogen and oxygen atoms in total. The zero-order valence-corrected chi connectivity index (χ0v) is 8.62. The standard InChI is InChI=1S/C10H14ClNO/c1-12(2)7-10(13)8-3-5-9(11)6-4-8/h3-6,10,13H,7H2,1-2H3. The van der Waals surface area contributed by atoms with Crippen molar-refractivity contribution in [1.82, 2.24) is 4.90 Å². The summed E-state index contributed by atoms with van der Waals surface area (Å²) in [7, 11) is 3.86. The molecule has 1 atom stereocenters. The van der Waals surface area contributed by atoms with Crippen molar-refractivity contribution in [3.05, 3.63) is 34.9 Å². The lowest BCUT2D eigenvalue weighted by atomic mass is 10.1. The van der Waals surface area contributed by atoms with Crippen LogP contribution in [0.25, 0.3) is 0 Å². The third-order valence-corrected chi connectivity index (χ3v) is 2.04. The van der Waals surface area contributed by atoms with Gasteiger partial charge in [0.1, 0.15) is 0 Å². The number of likely N-dealkylation sites (N-methyl/N-ethyl adjacent to an activating group) is 1. The Balaban J connectivity index is 2.66. The van der Waals surface area contributed by atoms with E-state index in [9.17, 15) is 5.11 Å². The summed E-state index contributed by atoms with van der Waals surface area (Å²) in [5.41, 5.74) is 0.901. The predicted octanol–water partition coefficient (Wildman–Crippen LogP) is 1.93. The van der Waals surface area contributed by atoms with Gasteiger partial charge in [-0.1, -0.05) is 23.7 Å². The smallest absolute Gasteiger partial charge is 0.0916 e. The lowest BCUT2D eigenvalue weighted by molar-refractivity contribution is 0.138. The van der Waals surface area contributed by atoms with Gasteiger partial charge in [0.15, 0.2) is 0 Å². The number of aliphatic hydroxyl groups is 1. The third-order valence-electron chi connectivity index (χ3n) is 1.79. The molecule has 1 unspecified atom stereocenters. The quantitative estimate of drug-likeness (QED) is 0.805. The highest BCUT2D eigenvalue weighted by molar-refractivity contribution is 6.30. The van der Waals surface area contributed by atoms with E-state index in [2.05, 4.69) is 0 Å². The molecule has 0 spiro atoms. The molecule has 0 aliphatic heterocycles. The molecule has 1 aromatic rings. The normalized spacial score (nSPS) is 13.3. The van der Waals surface area contributed by atoms with E-state index in [4.69, 9.17) is 11.6 Å². The summed E-state index contributed by atoms with van der Waals surface area (Å²) in [6, 6.07) is 7.26. The van der Waals surface area contributed by atoms with Gasteiger partial charge in [-0.25, -0.2) is 0 Å². The van der Waals surface area contributed by atoms with E-state index in [0.29, 0.717) is 11.6 Å². The second-order valence-electron chi connectivity index (χ2n) is 3.33. The van der Waals surface area contributed by atoms with E-state index in [1.54, 1.807) is 12.1 Å². The van der Waals surface area contributed by atoms with Crippen LogP contribution in [0.2, 0.25) is 5.02 Å². The summed E-state index contributed by atoms with van der Waals surface area (Å²) in [4.78, 5) is 1.94. The maximum absolute atomic E-state index is 9.70. The van der Waals surface area contributed by atoms with E-state index in [-0.39, 0.29) is 0 Å². The number of halogens is 1. The Morgan fingerprint density at radius 1 is 1.31 bits per heavy atom. The van der Waals surface area contributed by atoms with Gasteiger partial charge in [-0.2, -0.15) is 0 Å². The van der Waals surface area contributed by atoms with Gasteiger partial charge in [0.2, 0.25) is 0 Å². The fraction of sp³-hybridized carbons (Fsp3) is 0.400. The zero-order chi connectivity index (χ0) is 9.84. The Morgan fingerprint density at radius 2 is 1.85 bits per heavy atom. The van der Waals surface area contributed by atoms with Crippen LogP contribution in [-0.4, -0.2) is 30.6 Å². The molecule has 13 heavy (non-hydrogen) atoms. The monoisotopic (exact) mass is 199 g/mol. The molecule has 0 radical (unpaired) electrons. The second kappa shape index (κ2) is 4.61. The Bertz CT molecular complexity index is 258. The van der Waals surface area contributed by atoms with Crippen molar-refractivity contribution in [2.24, 2.45) is 0 Å². The van der Waals surface area contributed by atoms with Gasteiger partial charge >= 0.3 is 0 Å². The first kappa shape index (κ1) is 10.5. The molecule has 0 heterocycles. The molecule has 0 aliphatic carbocycles. The summed E-state index contributed by atoms with van der Waals surface area (Å²) in [6.45, 7) is 0.627. The van der Waals surface area contributed by atoms with Gasteiger partial charge in [0, 0.05) is 11.6 Å². The van der Waals surface area contributed by atoms with Gasteiger partial charge in [-0.3, -0.25) is 0 Å². The minimum absolute atomic E-state index is 0.438. The molecule has 72 valence electrons. The van der Waals surface area contributed by atoms with E-state index >= 15 is 0 Å². The Morgan fingerprint density at radius 3 is 2.31 bits per heavy atom. The molecule has 0 saturated heterocycles. The van der Waals surface area contributed by atoms with Crippen molar-refractivity contribution >= 4 is 11.6 Å². The Labute approximate surface area is 83.7 Å². The maximum atomic E-state index is 9.70. The number of hydrogen-bond acceptors (Lipinski definition) is 2. The molecular formula is C10H14ClNO. The average molecular weight is 200 g/mol. The summed E-state index contributed by atoms with van der Waals surface area (Å²) < 4.78 is 0. The lowest BCUT2D eigenvalue weighted by Crippen LogP contribution is -2.19. The fourth-order valence-electron chi connectivity index (χ4n) is 1.14. The number of aliphatic hydroxyl groups excluding tert-OH is 1. The van der Waals surface area contributed by atoms with E-state index in [1.807, 2.05) is 31.1 Å². The van der Waals surface area contributed by atoms with Crippen molar-refractivity contribution in [2.45, 2.75) is 6.10 Å². The largest absolute Gasteiger partial charge is 0.387 e. The second-order valence-corrected chi connectivity index (χ2v) is 3.77. The van der Waals surface area contributed by atoms with E-state index in [0.717, 1.165) is 5.56 Å². The van der Waals surface area contributed by atoms with Crippen LogP contribution in [0.4, 0.5) is 0 Å². The van der Waals surface area contributed by atoms with Crippen LogP contribution >= 0.6 is 11.6 Å². The molecular weight excluding hydrogens is 186 g/mol. The fourth-order valence-corrected chi connectivity index (χ4v) is 1.26. The highest BCUT2D eigenvalue weighted by Crippen LogP contribution is 2.16. The summed E-state index contributed by atoms with van der Waals surface area (Å²) in [5.74, 6) is 0. The summed E-state index contributed by atoms with van der Waals surface area (Å²) in [6.07, 6.45) is -0.438. The van der Waals surface area contributed by atoms with Crippen LogP contribution in [-0.2, 0) is 0 Å². The van der Waals surface area contributed by atoms with Crippen LogP contribution in [0.1, 0.15) is 11.7 Å². The van der Waals surface area contributed by atoms with Crippen LogP contribution in [0.15, 0.2) is 24.3 Å². The van der Waals surface area contributed by atoms with E-state index < -0.39 is 6.10 Å². The van der Waals surface area contributed by atoms with E-state index in [1.165, 1.54) is 0 Å².